The van der Waals surface area contributed by atoms with Gasteiger partial charge in [0.15, 0.2) is 0 Å². The lowest BCUT2D eigenvalue weighted by atomic mass is 9.91. The molecule has 0 fully saturated rings. The van der Waals surface area contributed by atoms with E-state index in [1.54, 1.807) is 0 Å². The van der Waals surface area contributed by atoms with E-state index in [1.165, 1.54) is 25.0 Å². The molecule has 2 nitrogen and oxygen atoms in total. The maximum atomic E-state index is 3.46. The first-order chi connectivity index (χ1) is 8.03. The van der Waals surface area contributed by atoms with Crippen LogP contribution in [0.1, 0.15) is 52.7 Å². The second-order valence-corrected chi connectivity index (χ2v) is 6.03. The molecule has 0 saturated heterocycles. The zero-order valence-electron chi connectivity index (χ0n) is 11.9. The lowest BCUT2D eigenvalue weighted by molar-refractivity contribution is 0.352. The molecule has 1 N–H and O–H groups in total. The molecule has 1 aromatic heterocycles. The van der Waals surface area contributed by atoms with Crippen LogP contribution < -0.4 is 5.32 Å². The van der Waals surface area contributed by atoms with Crippen molar-refractivity contribution in [2.45, 2.75) is 60.0 Å². The maximum absolute atomic E-state index is 3.46. The molecule has 0 aliphatic carbocycles. The molecule has 0 aliphatic heterocycles. The molecule has 17 heavy (non-hydrogen) atoms. The zero-order chi connectivity index (χ0) is 12.7. The van der Waals surface area contributed by atoms with E-state index in [0.29, 0.717) is 5.41 Å². The molecule has 0 bridgehead atoms. The molecule has 0 saturated carbocycles. The fourth-order valence-electron chi connectivity index (χ4n) is 2.00. The van der Waals surface area contributed by atoms with Gasteiger partial charge in [-0.1, -0.05) is 27.7 Å². The monoisotopic (exact) mass is 236 g/mol. The highest BCUT2D eigenvalue weighted by molar-refractivity contribution is 5.06. The Morgan fingerprint density at radius 2 is 2.06 bits per heavy atom. The van der Waals surface area contributed by atoms with E-state index in [4.69, 9.17) is 0 Å². The summed E-state index contributed by atoms with van der Waals surface area (Å²) >= 11 is 0. The predicted molar refractivity (Wildman–Crippen MR) is 75.1 cm³/mol. The van der Waals surface area contributed by atoms with Gasteiger partial charge in [0.05, 0.1) is 0 Å². The average molecular weight is 236 g/mol. The molecule has 0 radical (unpaired) electrons. The predicted octanol–water partition coefficient (Wildman–Crippen LogP) is 3.81. The lowest BCUT2D eigenvalue weighted by Gasteiger charge is -2.18. The van der Waals surface area contributed by atoms with Crippen molar-refractivity contribution in [3.8, 4) is 0 Å². The molecule has 0 atom stereocenters. The number of hydrogen-bond donors (Lipinski definition) is 1. The Bertz CT molecular complexity index is 307. The van der Waals surface area contributed by atoms with Gasteiger partial charge in [0, 0.05) is 25.0 Å². The summed E-state index contributed by atoms with van der Waals surface area (Å²) in [6, 6.07) is 4.37. The quantitative estimate of drug-likeness (QED) is 0.712. The molecule has 0 aliphatic rings. The summed E-state index contributed by atoms with van der Waals surface area (Å²) in [7, 11) is 0. The van der Waals surface area contributed by atoms with Crippen LogP contribution in [-0.2, 0) is 13.1 Å². The van der Waals surface area contributed by atoms with E-state index in [9.17, 15) is 0 Å². The Balaban J connectivity index is 2.35. The largest absolute Gasteiger partial charge is 0.350 e. The third-order valence-electron chi connectivity index (χ3n) is 2.98. The minimum atomic E-state index is 0.452. The fourth-order valence-corrected chi connectivity index (χ4v) is 2.00. The summed E-state index contributed by atoms with van der Waals surface area (Å²) in [6.07, 6.45) is 5.95. The molecule has 1 rings (SSSR count). The third kappa shape index (κ3) is 5.92. The van der Waals surface area contributed by atoms with E-state index in [2.05, 4.69) is 55.9 Å². The van der Waals surface area contributed by atoms with Crippen LogP contribution in [0.25, 0.3) is 0 Å². The number of rotatable bonds is 7. The Hall–Kier alpha value is -0.760. The highest BCUT2D eigenvalue weighted by atomic mass is 15.0. The van der Waals surface area contributed by atoms with Crippen LogP contribution in [-0.4, -0.2) is 11.1 Å². The Morgan fingerprint density at radius 1 is 1.29 bits per heavy atom. The normalized spacial score (nSPS) is 12.0. The van der Waals surface area contributed by atoms with Gasteiger partial charge in [-0.25, -0.2) is 0 Å². The van der Waals surface area contributed by atoms with Crippen LogP contribution in [0.3, 0.4) is 0 Å². The minimum absolute atomic E-state index is 0.452. The second-order valence-electron chi connectivity index (χ2n) is 6.03. The number of nitrogens with one attached hydrogen (secondary N) is 1. The van der Waals surface area contributed by atoms with Gasteiger partial charge in [-0.15, -0.1) is 0 Å². The summed E-state index contributed by atoms with van der Waals surface area (Å²) in [4.78, 5) is 0. The van der Waals surface area contributed by atoms with Crippen LogP contribution in [0.15, 0.2) is 18.3 Å². The van der Waals surface area contributed by atoms with Crippen molar-refractivity contribution in [3.63, 3.8) is 0 Å². The minimum Gasteiger partial charge on any atom is -0.350 e. The van der Waals surface area contributed by atoms with Gasteiger partial charge >= 0.3 is 0 Å². The van der Waals surface area contributed by atoms with Crippen molar-refractivity contribution >= 4 is 0 Å². The number of nitrogens with zero attached hydrogens (tertiary/aromatic N) is 1. The summed E-state index contributed by atoms with van der Waals surface area (Å²) in [5.41, 5.74) is 1.86. The van der Waals surface area contributed by atoms with Gasteiger partial charge in [-0.2, -0.15) is 0 Å². The highest BCUT2D eigenvalue weighted by Gasteiger charge is 2.09. The molecular weight excluding hydrogens is 208 g/mol. The standard InChI is InChI=1S/C15H28N2/c1-5-10-16-13-14-8-6-11-17(14)12-7-9-15(2,3)4/h6,8,11,16H,5,7,9-10,12-13H2,1-4H3. The van der Waals surface area contributed by atoms with Crippen LogP contribution in [0.4, 0.5) is 0 Å². The molecule has 0 unspecified atom stereocenters. The lowest BCUT2D eigenvalue weighted by Crippen LogP contribution is -2.17. The van der Waals surface area contributed by atoms with E-state index >= 15 is 0 Å². The summed E-state index contributed by atoms with van der Waals surface area (Å²) < 4.78 is 2.38. The Kier molecular flexibility index (Phi) is 5.76. The summed E-state index contributed by atoms with van der Waals surface area (Å²) in [5, 5.41) is 3.46. The fraction of sp³-hybridized carbons (Fsp3) is 0.733. The van der Waals surface area contributed by atoms with E-state index < -0.39 is 0 Å². The number of aromatic nitrogens is 1. The Morgan fingerprint density at radius 3 is 2.71 bits per heavy atom. The van der Waals surface area contributed by atoms with Crippen molar-refractivity contribution < 1.29 is 0 Å². The van der Waals surface area contributed by atoms with Gasteiger partial charge in [-0.05, 0) is 43.4 Å². The summed E-state index contributed by atoms with van der Waals surface area (Å²) in [6.45, 7) is 12.4. The van der Waals surface area contributed by atoms with Gasteiger partial charge in [0.2, 0.25) is 0 Å². The molecule has 2 heteroatoms. The molecule has 0 aromatic carbocycles. The first-order valence-electron chi connectivity index (χ1n) is 6.87. The first kappa shape index (κ1) is 14.3. The van der Waals surface area contributed by atoms with Crippen LogP contribution in [0, 0.1) is 5.41 Å². The molecule has 1 heterocycles. The van der Waals surface area contributed by atoms with Crippen LogP contribution >= 0.6 is 0 Å². The van der Waals surface area contributed by atoms with Gasteiger partial charge in [0.1, 0.15) is 0 Å². The molecule has 0 amide bonds. The van der Waals surface area contributed by atoms with Gasteiger partial charge in [0.25, 0.3) is 0 Å². The molecule has 1 aromatic rings. The maximum Gasteiger partial charge on any atom is 0.0359 e. The van der Waals surface area contributed by atoms with Crippen molar-refractivity contribution in [2.24, 2.45) is 5.41 Å². The van der Waals surface area contributed by atoms with E-state index in [-0.39, 0.29) is 0 Å². The van der Waals surface area contributed by atoms with Gasteiger partial charge < -0.3 is 9.88 Å². The van der Waals surface area contributed by atoms with Gasteiger partial charge in [-0.3, -0.25) is 0 Å². The van der Waals surface area contributed by atoms with E-state index in [0.717, 1.165) is 19.6 Å². The van der Waals surface area contributed by atoms with Crippen molar-refractivity contribution in [3.05, 3.63) is 24.0 Å². The van der Waals surface area contributed by atoms with Crippen LogP contribution in [0.5, 0.6) is 0 Å². The smallest absolute Gasteiger partial charge is 0.0359 e. The second kappa shape index (κ2) is 6.85. The van der Waals surface area contributed by atoms with Crippen LogP contribution in [0.2, 0.25) is 0 Å². The SMILES string of the molecule is CCCNCc1cccn1CCCC(C)(C)C. The third-order valence-corrected chi connectivity index (χ3v) is 2.98. The molecule has 0 spiro atoms. The van der Waals surface area contributed by atoms with Crippen molar-refractivity contribution in [1.82, 2.24) is 9.88 Å². The molecular formula is C15H28N2. The zero-order valence-corrected chi connectivity index (χ0v) is 11.9. The van der Waals surface area contributed by atoms with Crippen molar-refractivity contribution in [2.75, 3.05) is 6.54 Å². The number of hydrogen-bond acceptors (Lipinski definition) is 1. The highest BCUT2D eigenvalue weighted by Crippen LogP contribution is 2.21. The number of aryl methyl sites for hydroxylation is 1. The topological polar surface area (TPSA) is 17.0 Å². The average Bonchev–Trinajstić information content (AvgIpc) is 2.64. The van der Waals surface area contributed by atoms with Crippen molar-refractivity contribution in [1.29, 1.82) is 0 Å². The van der Waals surface area contributed by atoms with E-state index in [1.807, 2.05) is 0 Å². The Labute approximate surface area is 106 Å². The first-order valence-corrected chi connectivity index (χ1v) is 6.87. The summed E-state index contributed by atoms with van der Waals surface area (Å²) in [5.74, 6) is 0. The molecule has 98 valence electrons.